The normalized spacial score (nSPS) is 11.8. The number of benzene rings is 2. The second kappa shape index (κ2) is 10.7. The number of nitrogens with one attached hydrogen (secondary N) is 1. The van der Waals surface area contributed by atoms with E-state index in [0.717, 1.165) is 30.6 Å². The van der Waals surface area contributed by atoms with E-state index in [4.69, 9.17) is 4.18 Å². The third-order valence-electron chi connectivity index (χ3n) is 3.78. The summed E-state index contributed by atoms with van der Waals surface area (Å²) in [6, 6.07) is 16.2. The molecule has 27 heavy (non-hydrogen) atoms. The van der Waals surface area contributed by atoms with Crippen molar-refractivity contribution >= 4 is 22.0 Å². The van der Waals surface area contributed by atoms with E-state index in [-0.39, 0.29) is 5.75 Å². The molecule has 0 aliphatic heterocycles. The van der Waals surface area contributed by atoms with Crippen molar-refractivity contribution in [2.45, 2.75) is 19.3 Å². The lowest BCUT2D eigenvalue weighted by atomic mass is 10.2. The standard InChI is InChI=1S/C20H27N3O3S/c1-23(2)16-7-6-15-21-22-19-10-12-20(13-11-19)26-27(24,25)17-14-18-8-4-3-5-9-18/h3-5,8-13,15,22H,6-7,14,16-17H2,1-2H3. The van der Waals surface area contributed by atoms with Crippen LogP contribution < -0.4 is 9.61 Å². The van der Waals surface area contributed by atoms with Crippen LogP contribution in [0.5, 0.6) is 5.75 Å². The van der Waals surface area contributed by atoms with Gasteiger partial charge >= 0.3 is 10.1 Å². The van der Waals surface area contributed by atoms with Crippen LogP contribution in [-0.4, -0.2) is 45.9 Å². The maximum atomic E-state index is 12.1. The van der Waals surface area contributed by atoms with E-state index < -0.39 is 10.1 Å². The number of nitrogens with zero attached hydrogens (tertiary/aromatic N) is 2. The van der Waals surface area contributed by atoms with E-state index in [1.54, 1.807) is 24.3 Å². The van der Waals surface area contributed by atoms with Gasteiger partial charge in [-0.05, 0) is 69.7 Å². The lowest BCUT2D eigenvalue weighted by Crippen LogP contribution is -2.15. The molecule has 146 valence electrons. The molecule has 0 atom stereocenters. The SMILES string of the molecule is CN(C)CCCC=NNc1ccc(OS(=O)(=O)CCc2ccccc2)cc1. The first-order valence-electron chi connectivity index (χ1n) is 8.93. The minimum absolute atomic E-state index is 0.0613. The summed E-state index contributed by atoms with van der Waals surface area (Å²) in [5, 5.41) is 4.15. The first-order valence-corrected chi connectivity index (χ1v) is 10.5. The maximum Gasteiger partial charge on any atom is 0.309 e. The van der Waals surface area contributed by atoms with Crippen LogP contribution in [0.4, 0.5) is 5.69 Å². The highest BCUT2D eigenvalue weighted by molar-refractivity contribution is 7.87. The van der Waals surface area contributed by atoms with Crippen molar-refractivity contribution in [2.75, 3.05) is 31.8 Å². The summed E-state index contributed by atoms with van der Waals surface area (Å²) in [6.45, 7) is 1.02. The second-order valence-electron chi connectivity index (χ2n) is 6.47. The van der Waals surface area contributed by atoms with Crippen molar-refractivity contribution in [1.29, 1.82) is 0 Å². The topological polar surface area (TPSA) is 71.0 Å². The number of hydrogen-bond acceptors (Lipinski definition) is 6. The van der Waals surface area contributed by atoms with Gasteiger partial charge in [0.2, 0.25) is 0 Å². The summed E-state index contributed by atoms with van der Waals surface area (Å²) in [4.78, 5) is 2.13. The third kappa shape index (κ3) is 8.70. The zero-order chi connectivity index (χ0) is 19.5. The Kier molecular flexibility index (Phi) is 8.29. The van der Waals surface area contributed by atoms with Crippen LogP contribution in [0.3, 0.4) is 0 Å². The molecule has 2 rings (SSSR count). The van der Waals surface area contributed by atoms with Crippen molar-refractivity contribution < 1.29 is 12.6 Å². The van der Waals surface area contributed by atoms with Crippen molar-refractivity contribution in [2.24, 2.45) is 5.10 Å². The number of hydrazone groups is 1. The molecule has 2 aromatic rings. The highest BCUT2D eigenvalue weighted by atomic mass is 32.2. The van der Waals surface area contributed by atoms with Crippen LogP contribution in [0.15, 0.2) is 59.7 Å². The lowest BCUT2D eigenvalue weighted by Gasteiger charge is -2.08. The van der Waals surface area contributed by atoms with Crippen molar-refractivity contribution in [1.82, 2.24) is 4.90 Å². The van der Waals surface area contributed by atoms with E-state index in [2.05, 4.69) is 15.4 Å². The number of unbranched alkanes of at least 4 members (excludes halogenated alkanes) is 1. The van der Waals surface area contributed by atoms with E-state index in [1.807, 2.05) is 50.6 Å². The molecule has 0 heterocycles. The Morgan fingerprint density at radius 3 is 2.44 bits per heavy atom. The van der Waals surface area contributed by atoms with Crippen LogP contribution in [0.1, 0.15) is 18.4 Å². The lowest BCUT2D eigenvalue weighted by molar-refractivity contribution is 0.404. The summed E-state index contributed by atoms with van der Waals surface area (Å²) in [7, 11) is 0.451. The molecule has 1 N–H and O–H groups in total. The Hall–Kier alpha value is -2.38. The van der Waals surface area contributed by atoms with Crippen LogP contribution >= 0.6 is 0 Å². The molecule has 0 radical (unpaired) electrons. The highest BCUT2D eigenvalue weighted by Gasteiger charge is 2.13. The monoisotopic (exact) mass is 389 g/mol. The molecule has 2 aromatic carbocycles. The predicted molar refractivity (Wildman–Crippen MR) is 111 cm³/mol. The van der Waals surface area contributed by atoms with Crippen molar-refractivity contribution in [3.8, 4) is 5.75 Å². The minimum Gasteiger partial charge on any atom is -0.382 e. The molecule has 0 aliphatic rings. The molecule has 0 aliphatic carbocycles. The van der Waals surface area contributed by atoms with E-state index >= 15 is 0 Å². The Balaban J connectivity index is 1.78. The fourth-order valence-electron chi connectivity index (χ4n) is 2.34. The van der Waals surface area contributed by atoms with Gasteiger partial charge in [0.15, 0.2) is 0 Å². The molecule has 0 fully saturated rings. The smallest absolute Gasteiger partial charge is 0.309 e. The zero-order valence-electron chi connectivity index (χ0n) is 15.8. The first-order chi connectivity index (χ1) is 12.9. The Morgan fingerprint density at radius 1 is 1.07 bits per heavy atom. The van der Waals surface area contributed by atoms with Gasteiger partial charge < -0.3 is 9.08 Å². The summed E-state index contributed by atoms with van der Waals surface area (Å²) in [5.74, 6) is 0.234. The molecular weight excluding hydrogens is 362 g/mol. The zero-order valence-corrected chi connectivity index (χ0v) is 16.7. The Bertz CT molecular complexity index is 804. The van der Waals surface area contributed by atoms with Gasteiger partial charge in [-0.3, -0.25) is 5.43 Å². The quantitative estimate of drug-likeness (QED) is 0.276. The van der Waals surface area contributed by atoms with Gasteiger partial charge in [-0.1, -0.05) is 30.3 Å². The molecular formula is C20H27N3O3S. The van der Waals surface area contributed by atoms with Gasteiger partial charge in [-0.15, -0.1) is 0 Å². The molecule has 0 aromatic heterocycles. The maximum absolute atomic E-state index is 12.1. The Labute approximate surface area is 162 Å². The van der Waals surface area contributed by atoms with Gasteiger partial charge in [0, 0.05) is 6.21 Å². The van der Waals surface area contributed by atoms with Crippen LogP contribution in [0, 0.1) is 0 Å². The van der Waals surface area contributed by atoms with E-state index in [9.17, 15) is 8.42 Å². The molecule has 0 saturated heterocycles. The molecule has 6 nitrogen and oxygen atoms in total. The van der Waals surface area contributed by atoms with Crippen LogP contribution in [-0.2, 0) is 16.5 Å². The molecule has 0 unspecified atom stereocenters. The summed E-state index contributed by atoms with van der Waals surface area (Å²) in [5.41, 5.74) is 4.66. The van der Waals surface area contributed by atoms with Gasteiger partial charge in [-0.2, -0.15) is 13.5 Å². The molecule has 0 amide bonds. The number of anilines is 1. The van der Waals surface area contributed by atoms with E-state index in [1.165, 1.54) is 0 Å². The van der Waals surface area contributed by atoms with Crippen LogP contribution in [0.25, 0.3) is 0 Å². The summed E-state index contributed by atoms with van der Waals surface area (Å²) in [6.07, 6.45) is 4.20. The minimum atomic E-state index is -3.63. The number of aryl methyl sites for hydroxylation is 1. The predicted octanol–water partition coefficient (Wildman–Crippen LogP) is 3.38. The number of rotatable bonds is 11. The molecule has 7 heteroatoms. The Morgan fingerprint density at radius 2 is 1.78 bits per heavy atom. The van der Waals surface area contributed by atoms with Crippen LogP contribution in [0.2, 0.25) is 0 Å². The molecule has 0 spiro atoms. The highest BCUT2D eigenvalue weighted by Crippen LogP contribution is 2.18. The second-order valence-corrected chi connectivity index (χ2v) is 8.16. The van der Waals surface area contributed by atoms with Crippen molar-refractivity contribution in [3.63, 3.8) is 0 Å². The number of hydrogen-bond donors (Lipinski definition) is 1. The van der Waals surface area contributed by atoms with Crippen molar-refractivity contribution in [3.05, 3.63) is 60.2 Å². The summed E-state index contributed by atoms with van der Waals surface area (Å²) >= 11 is 0. The van der Waals surface area contributed by atoms with Gasteiger partial charge in [0.1, 0.15) is 5.75 Å². The largest absolute Gasteiger partial charge is 0.382 e. The van der Waals surface area contributed by atoms with Gasteiger partial charge in [-0.25, -0.2) is 0 Å². The molecule has 0 saturated carbocycles. The third-order valence-corrected chi connectivity index (χ3v) is 4.94. The van der Waals surface area contributed by atoms with Gasteiger partial charge in [0.05, 0.1) is 11.4 Å². The average molecular weight is 390 g/mol. The first kappa shape index (κ1) is 20.9. The molecule has 0 bridgehead atoms. The summed E-state index contributed by atoms with van der Waals surface area (Å²) < 4.78 is 29.4. The fourth-order valence-corrected chi connectivity index (χ4v) is 3.32. The fraction of sp³-hybridized carbons (Fsp3) is 0.350. The van der Waals surface area contributed by atoms with Gasteiger partial charge in [0.25, 0.3) is 0 Å². The average Bonchev–Trinajstić information content (AvgIpc) is 2.65. The van der Waals surface area contributed by atoms with E-state index in [0.29, 0.717) is 12.2 Å².